The molecule has 0 spiro atoms. The zero-order valence-electron chi connectivity index (χ0n) is 9.93. The summed E-state index contributed by atoms with van der Waals surface area (Å²) in [4.78, 5) is 14.8. The maximum atomic E-state index is 10.9. The van der Waals surface area contributed by atoms with Crippen molar-refractivity contribution in [2.75, 3.05) is 5.73 Å². The molecule has 1 heterocycles. The highest BCUT2D eigenvalue weighted by Gasteiger charge is 2.16. The standard InChI is InChI=1S/C13H7Cl2N3O2/c14-6-1-2-10-7(3-6)13(16)8-4-12(18(19)20)9(15)5-11(8)17-10/h1-5H,(H2,16,17). The molecule has 0 amide bonds. The minimum absolute atomic E-state index is 0.0303. The van der Waals surface area contributed by atoms with Crippen molar-refractivity contribution in [3.8, 4) is 0 Å². The molecule has 0 aliphatic heterocycles. The van der Waals surface area contributed by atoms with Crippen molar-refractivity contribution in [2.24, 2.45) is 0 Å². The highest BCUT2D eigenvalue weighted by atomic mass is 35.5. The zero-order valence-corrected chi connectivity index (χ0v) is 11.4. The lowest BCUT2D eigenvalue weighted by Crippen LogP contribution is -1.95. The van der Waals surface area contributed by atoms with E-state index in [1.165, 1.54) is 12.1 Å². The summed E-state index contributed by atoms with van der Waals surface area (Å²) in [5, 5.41) is 12.6. The molecular weight excluding hydrogens is 301 g/mol. The Balaban J connectivity index is 2.47. The molecule has 1 aromatic heterocycles. The van der Waals surface area contributed by atoms with Gasteiger partial charge < -0.3 is 5.73 Å². The van der Waals surface area contributed by atoms with Crippen LogP contribution in [0.15, 0.2) is 30.3 Å². The van der Waals surface area contributed by atoms with Gasteiger partial charge >= 0.3 is 0 Å². The summed E-state index contributed by atoms with van der Waals surface area (Å²) in [5.41, 5.74) is 7.44. The van der Waals surface area contributed by atoms with E-state index >= 15 is 0 Å². The number of nitrogens with zero attached hydrogens (tertiary/aromatic N) is 2. The van der Waals surface area contributed by atoms with Crippen LogP contribution in [0.25, 0.3) is 21.8 Å². The Morgan fingerprint density at radius 3 is 2.50 bits per heavy atom. The molecule has 0 bridgehead atoms. The summed E-state index contributed by atoms with van der Waals surface area (Å²) < 4.78 is 0. The molecule has 2 N–H and O–H groups in total. The molecule has 3 aromatic rings. The Morgan fingerprint density at radius 1 is 1.10 bits per heavy atom. The average Bonchev–Trinajstić information content (AvgIpc) is 2.39. The van der Waals surface area contributed by atoms with Crippen LogP contribution in [-0.2, 0) is 0 Å². The Labute approximate surface area is 123 Å². The van der Waals surface area contributed by atoms with Crippen LogP contribution >= 0.6 is 23.2 Å². The number of nitro groups is 1. The van der Waals surface area contributed by atoms with Gasteiger partial charge in [0.25, 0.3) is 5.69 Å². The molecule has 20 heavy (non-hydrogen) atoms. The number of nitro benzene ring substituents is 1. The van der Waals surface area contributed by atoms with E-state index in [0.29, 0.717) is 32.5 Å². The molecule has 7 heteroatoms. The maximum absolute atomic E-state index is 10.9. The van der Waals surface area contributed by atoms with Crippen molar-refractivity contribution < 1.29 is 4.92 Å². The van der Waals surface area contributed by atoms with Gasteiger partial charge in [-0.05, 0) is 24.3 Å². The molecule has 0 atom stereocenters. The summed E-state index contributed by atoms with van der Waals surface area (Å²) in [6.45, 7) is 0. The van der Waals surface area contributed by atoms with E-state index in [-0.39, 0.29) is 10.7 Å². The van der Waals surface area contributed by atoms with E-state index in [2.05, 4.69) is 4.98 Å². The van der Waals surface area contributed by atoms with Crippen molar-refractivity contribution in [3.63, 3.8) is 0 Å². The summed E-state index contributed by atoms with van der Waals surface area (Å²) in [6, 6.07) is 7.90. The summed E-state index contributed by atoms with van der Waals surface area (Å²) in [6.07, 6.45) is 0. The number of fused-ring (bicyclic) bond motifs is 2. The van der Waals surface area contributed by atoms with Crippen LogP contribution in [0.3, 0.4) is 0 Å². The second-order valence-electron chi connectivity index (χ2n) is 4.26. The van der Waals surface area contributed by atoms with Crippen molar-refractivity contribution in [1.29, 1.82) is 0 Å². The second-order valence-corrected chi connectivity index (χ2v) is 5.11. The molecule has 0 radical (unpaired) electrons. The number of aromatic nitrogens is 1. The first-order chi connectivity index (χ1) is 9.47. The molecule has 5 nitrogen and oxygen atoms in total. The van der Waals surface area contributed by atoms with Crippen LogP contribution in [-0.4, -0.2) is 9.91 Å². The first-order valence-corrected chi connectivity index (χ1v) is 6.35. The van der Waals surface area contributed by atoms with Gasteiger partial charge in [0.05, 0.1) is 21.6 Å². The Bertz CT molecular complexity index is 880. The minimum atomic E-state index is -0.552. The van der Waals surface area contributed by atoms with E-state index in [9.17, 15) is 10.1 Å². The number of nitrogens with two attached hydrogens (primary N) is 1. The third-order valence-electron chi connectivity index (χ3n) is 3.04. The summed E-state index contributed by atoms with van der Waals surface area (Å²) in [7, 11) is 0. The smallest absolute Gasteiger partial charge is 0.288 e. The van der Waals surface area contributed by atoms with Crippen LogP contribution in [0, 0.1) is 10.1 Å². The number of hydrogen-bond donors (Lipinski definition) is 1. The zero-order chi connectivity index (χ0) is 14.4. The third-order valence-corrected chi connectivity index (χ3v) is 3.58. The van der Waals surface area contributed by atoms with Gasteiger partial charge in [0, 0.05) is 21.9 Å². The fourth-order valence-corrected chi connectivity index (χ4v) is 2.49. The normalized spacial score (nSPS) is 11.1. The molecule has 0 saturated carbocycles. The lowest BCUT2D eigenvalue weighted by Gasteiger charge is -2.07. The molecule has 0 fully saturated rings. The van der Waals surface area contributed by atoms with Crippen molar-refractivity contribution >= 4 is 56.4 Å². The predicted molar refractivity (Wildman–Crippen MR) is 80.3 cm³/mol. The van der Waals surface area contributed by atoms with Gasteiger partial charge in [0.2, 0.25) is 0 Å². The first-order valence-electron chi connectivity index (χ1n) is 5.60. The molecule has 0 aliphatic rings. The molecule has 3 rings (SSSR count). The maximum Gasteiger partial charge on any atom is 0.288 e. The number of halogens is 2. The van der Waals surface area contributed by atoms with E-state index < -0.39 is 4.92 Å². The Kier molecular flexibility index (Phi) is 2.88. The van der Waals surface area contributed by atoms with Gasteiger partial charge in [-0.3, -0.25) is 10.1 Å². The second kappa shape index (κ2) is 4.47. The van der Waals surface area contributed by atoms with Gasteiger partial charge in [0.15, 0.2) is 0 Å². The number of anilines is 1. The van der Waals surface area contributed by atoms with Gasteiger partial charge in [0.1, 0.15) is 5.02 Å². The Hall–Kier alpha value is -2.11. The van der Waals surface area contributed by atoms with Crippen molar-refractivity contribution in [3.05, 3.63) is 50.5 Å². The summed E-state index contributed by atoms with van der Waals surface area (Å²) >= 11 is 11.8. The monoisotopic (exact) mass is 307 g/mol. The quantitative estimate of drug-likeness (QED) is 0.415. The number of nitrogen functional groups attached to an aromatic ring is 1. The highest BCUT2D eigenvalue weighted by Crippen LogP contribution is 2.35. The topological polar surface area (TPSA) is 82.0 Å². The van der Waals surface area contributed by atoms with E-state index in [1.807, 2.05) is 0 Å². The van der Waals surface area contributed by atoms with E-state index in [0.717, 1.165) is 0 Å². The first kappa shape index (κ1) is 12.9. The molecule has 2 aromatic carbocycles. The highest BCUT2D eigenvalue weighted by molar-refractivity contribution is 6.34. The van der Waals surface area contributed by atoms with Crippen LogP contribution in [0.2, 0.25) is 10.0 Å². The number of benzene rings is 2. The fraction of sp³-hybridized carbons (Fsp3) is 0. The van der Waals surface area contributed by atoms with Crippen LogP contribution in [0.5, 0.6) is 0 Å². The molecule has 0 unspecified atom stereocenters. The minimum Gasteiger partial charge on any atom is -0.398 e. The van der Waals surface area contributed by atoms with E-state index in [4.69, 9.17) is 28.9 Å². The number of rotatable bonds is 1. The molecule has 0 aliphatic carbocycles. The SMILES string of the molecule is Nc1c2cc(Cl)ccc2nc2cc(Cl)c([N+](=O)[O-])cc12. The van der Waals surface area contributed by atoms with Crippen LogP contribution in [0.1, 0.15) is 0 Å². The van der Waals surface area contributed by atoms with Gasteiger partial charge in [-0.1, -0.05) is 23.2 Å². The molecule has 100 valence electrons. The number of hydrogen-bond acceptors (Lipinski definition) is 4. The lowest BCUT2D eigenvalue weighted by atomic mass is 10.1. The van der Waals surface area contributed by atoms with E-state index in [1.54, 1.807) is 18.2 Å². The molecular formula is C13H7Cl2N3O2. The lowest BCUT2D eigenvalue weighted by molar-refractivity contribution is -0.384. The van der Waals surface area contributed by atoms with Crippen LogP contribution < -0.4 is 5.73 Å². The van der Waals surface area contributed by atoms with Crippen molar-refractivity contribution in [2.45, 2.75) is 0 Å². The predicted octanol–water partition coefficient (Wildman–Crippen LogP) is 4.19. The molecule has 0 saturated heterocycles. The third kappa shape index (κ3) is 1.92. The van der Waals surface area contributed by atoms with Crippen LogP contribution in [0.4, 0.5) is 11.4 Å². The summed E-state index contributed by atoms with van der Waals surface area (Å²) in [5.74, 6) is 0. The largest absolute Gasteiger partial charge is 0.398 e. The van der Waals surface area contributed by atoms with Gasteiger partial charge in [-0.2, -0.15) is 0 Å². The van der Waals surface area contributed by atoms with Crippen molar-refractivity contribution in [1.82, 2.24) is 4.98 Å². The van der Waals surface area contributed by atoms with Gasteiger partial charge in [-0.15, -0.1) is 0 Å². The van der Waals surface area contributed by atoms with Gasteiger partial charge in [-0.25, -0.2) is 4.98 Å². The fourth-order valence-electron chi connectivity index (χ4n) is 2.10. The average molecular weight is 308 g/mol. The Morgan fingerprint density at radius 2 is 1.80 bits per heavy atom. The number of pyridine rings is 1.